The minimum absolute atomic E-state index is 0.498. The average Bonchev–Trinajstić information content (AvgIpc) is 2.89. The van der Waals surface area contributed by atoms with Crippen molar-refractivity contribution in [3.05, 3.63) is 12.2 Å². The highest BCUT2D eigenvalue weighted by molar-refractivity contribution is 5.16. The highest BCUT2D eigenvalue weighted by Gasteiger charge is 2.45. The van der Waals surface area contributed by atoms with Crippen LogP contribution in [0.5, 0.6) is 0 Å². The van der Waals surface area contributed by atoms with Crippen LogP contribution in [0, 0.1) is 11.8 Å². The van der Waals surface area contributed by atoms with E-state index < -0.39 is 5.60 Å². The van der Waals surface area contributed by atoms with Crippen molar-refractivity contribution in [1.82, 2.24) is 0 Å². The quantitative estimate of drug-likeness (QED) is 0.702. The molecule has 0 bridgehead atoms. The summed E-state index contributed by atoms with van der Waals surface area (Å²) in [6.45, 7) is 6.09. The van der Waals surface area contributed by atoms with E-state index in [1.54, 1.807) is 0 Å². The van der Waals surface area contributed by atoms with E-state index in [1.807, 2.05) is 6.92 Å². The second kappa shape index (κ2) is 4.29. The summed E-state index contributed by atoms with van der Waals surface area (Å²) in [5.74, 6) is 0.996. The zero-order valence-electron chi connectivity index (χ0n) is 9.97. The van der Waals surface area contributed by atoms with Crippen molar-refractivity contribution in [2.24, 2.45) is 11.8 Å². The molecule has 2 saturated carbocycles. The maximum Gasteiger partial charge on any atom is 0.0907 e. The zero-order valence-corrected chi connectivity index (χ0v) is 9.97. The Morgan fingerprint density at radius 3 is 1.60 bits per heavy atom. The van der Waals surface area contributed by atoms with Gasteiger partial charge in [-0.25, -0.2) is 0 Å². The lowest BCUT2D eigenvalue weighted by Crippen LogP contribution is -2.44. The monoisotopic (exact) mass is 208 g/mol. The van der Waals surface area contributed by atoms with Gasteiger partial charge in [0.2, 0.25) is 0 Å². The van der Waals surface area contributed by atoms with Gasteiger partial charge in [0.15, 0.2) is 0 Å². The summed E-state index contributed by atoms with van der Waals surface area (Å²) in [6, 6.07) is 0. The van der Waals surface area contributed by atoms with E-state index in [0.717, 1.165) is 5.57 Å². The minimum atomic E-state index is -0.535. The summed E-state index contributed by atoms with van der Waals surface area (Å²) in [6.07, 6.45) is 10.0. The van der Waals surface area contributed by atoms with Crippen LogP contribution >= 0.6 is 0 Å². The Kier molecular flexibility index (Phi) is 3.20. The summed E-state index contributed by atoms with van der Waals surface area (Å²) in [7, 11) is 0. The molecule has 0 atom stereocenters. The summed E-state index contributed by atoms with van der Waals surface area (Å²) < 4.78 is 0. The summed E-state index contributed by atoms with van der Waals surface area (Å²) >= 11 is 0. The molecule has 0 saturated heterocycles. The van der Waals surface area contributed by atoms with Crippen LogP contribution in [-0.2, 0) is 0 Å². The van der Waals surface area contributed by atoms with Crippen LogP contribution in [0.3, 0.4) is 0 Å². The molecule has 1 heteroatoms. The second-order valence-corrected chi connectivity index (χ2v) is 5.57. The predicted molar refractivity (Wildman–Crippen MR) is 63.7 cm³/mol. The van der Waals surface area contributed by atoms with E-state index in [9.17, 15) is 5.11 Å². The van der Waals surface area contributed by atoms with Gasteiger partial charge in [-0.05, 0) is 50.0 Å². The number of aliphatic hydroxyl groups is 1. The molecule has 86 valence electrons. The number of hydrogen-bond donors (Lipinski definition) is 1. The standard InChI is InChI=1S/C14H24O/c1-11(2)14(15,12-7-3-4-8-12)13-9-5-6-10-13/h12-13,15H,1,3-10H2,2H3. The highest BCUT2D eigenvalue weighted by Crippen LogP contribution is 2.47. The molecule has 0 heterocycles. The van der Waals surface area contributed by atoms with Gasteiger partial charge >= 0.3 is 0 Å². The third-order valence-electron chi connectivity index (χ3n) is 4.64. The van der Waals surface area contributed by atoms with E-state index in [-0.39, 0.29) is 0 Å². The molecule has 0 aromatic rings. The molecule has 0 radical (unpaired) electrons. The molecule has 1 nitrogen and oxygen atoms in total. The van der Waals surface area contributed by atoms with Gasteiger partial charge in [0, 0.05) is 0 Å². The van der Waals surface area contributed by atoms with Crippen LogP contribution in [-0.4, -0.2) is 10.7 Å². The fourth-order valence-electron chi connectivity index (χ4n) is 3.76. The van der Waals surface area contributed by atoms with Crippen molar-refractivity contribution >= 4 is 0 Å². The van der Waals surface area contributed by atoms with E-state index in [0.29, 0.717) is 11.8 Å². The largest absolute Gasteiger partial charge is 0.385 e. The molecule has 0 aliphatic heterocycles. The molecule has 0 unspecified atom stereocenters. The third kappa shape index (κ3) is 1.87. The molecule has 0 aromatic heterocycles. The lowest BCUT2D eigenvalue weighted by molar-refractivity contribution is -0.0325. The smallest absolute Gasteiger partial charge is 0.0907 e. The predicted octanol–water partition coefficient (Wildman–Crippen LogP) is 3.67. The van der Waals surface area contributed by atoms with Crippen LogP contribution in [0.2, 0.25) is 0 Å². The zero-order chi connectivity index (χ0) is 10.9. The Morgan fingerprint density at radius 1 is 1.00 bits per heavy atom. The maximum absolute atomic E-state index is 11.0. The van der Waals surface area contributed by atoms with E-state index in [1.165, 1.54) is 51.4 Å². The van der Waals surface area contributed by atoms with Crippen LogP contribution in [0.4, 0.5) is 0 Å². The molecule has 2 aliphatic carbocycles. The fourth-order valence-corrected chi connectivity index (χ4v) is 3.76. The summed E-state index contributed by atoms with van der Waals surface area (Å²) in [4.78, 5) is 0. The first kappa shape index (κ1) is 11.2. The third-order valence-corrected chi connectivity index (χ3v) is 4.64. The Bertz CT molecular complexity index is 216. The van der Waals surface area contributed by atoms with Crippen molar-refractivity contribution in [3.8, 4) is 0 Å². The fraction of sp³-hybridized carbons (Fsp3) is 0.857. The van der Waals surface area contributed by atoms with Crippen molar-refractivity contribution < 1.29 is 5.11 Å². The Balaban J connectivity index is 2.17. The van der Waals surface area contributed by atoms with Gasteiger partial charge in [-0.2, -0.15) is 0 Å². The van der Waals surface area contributed by atoms with Gasteiger partial charge in [-0.15, -0.1) is 0 Å². The number of hydrogen-bond acceptors (Lipinski definition) is 1. The lowest BCUT2D eigenvalue weighted by Gasteiger charge is -2.40. The van der Waals surface area contributed by atoms with Gasteiger partial charge in [0.25, 0.3) is 0 Å². The summed E-state index contributed by atoms with van der Waals surface area (Å²) in [5.41, 5.74) is 0.480. The Labute approximate surface area is 93.6 Å². The molecule has 2 fully saturated rings. The van der Waals surface area contributed by atoms with E-state index in [4.69, 9.17) is 0 Å². The van der Waals surface area contributed by atoms with Crippen LogP contribution in [0.25, 0.3) is 0 Å². The van der Waals surface area contributed by atoms with E-state index >= 15 is 0 Å². The van der Waals surface area contributed by atoms with Crippen LogP contribution < -0.4 is 0 Å². The molecule has 0 amide bonds. The molecule has 0 aromatic carbocycles. The SMILES string of the molecule is C=C(C)C(O)(C1CCCC1)C1CCCC1. The highest BCUT2D eigenvalue weighted by atomic mass is 16.3. The lowest BCUT2D eigenvalue weighted by atomic mass is 9.71. The Morgan fingerprint density at radius 2 is 1.33 bits per heavy atom. The van der Waals surface area contributed by atoms with Crippen molar-refractivity contribution in [2.75, 3.05) is 0 Å². The Hall–Kier alpha value is -0.300. The second-order valence-electron chi connectivity index (χ2n) is 5.57. The topological polar surface area (TPSA) is 20.2 Å². The molecular weight excluding hydrogens is 184 g/mol. The van der Waals surface area contributed by atoms with Gasteiger partial charge in [0.05, 0.1) is 5.60 Å². The van der Waals surface area contributed by atoms with Gasteiger partial charge in [-0.1, -0.05) is 32.3 Å². The van der Waals surface area contributed by atoms with Crippen molar-refractivity contribution in [1.29, 1.82) is 0 Å². The van der Waals surface area contributed by atoms with Crippen LogP contribution in [0.15, 0.2) is 12.2 Å². The van der Waals surface area contributed by atoms with Crippen molar-refractivity contribution in [2.45, 2.75) is 63.9 Å². The normalized spacial score (nSPS) is 24.9. The van der Waals surface area contributed by atoms with Crippen molar-refractivity contribution in [3.63, 3.8) is 0 Å². The molecule has 2 rings (SSSR count). The first-order valence-corrected chi connectivity index (χ1v) is 6.54. The molecule has 2 aliphatic rings. The maximum atomic E-state index is 11.0. The van der Waals surface area contributed by atoms with Crippen LogP contribution in [0.1, 0.15) is 58.3 Å². The first-order valence-electron chi connectivity index (χ1n) is 6.54. The molecule has 0 spiro atoms. The molecule has 1 N–H and O–H groups in total. The average molecular weight is 208 g/mol. The first-order chi connectivity index (χ1) is 7.15. The van der Waals surface area contributed by atoms with Gasteiger partial charge in [0.1, 0.15) is 0 Å². The molecule has 15 heavy (non-hydrogen) atoms. The summed E-state index contributed by atoms with van der Waals surface area (Å²) in [5, 5.41) is 11.0. The van der Waals surface area contributed by atoms with Gasteiger partial charge < -0.3 is 5.11 Å². The van der Waals surface area contributed by atoms with Gasteiger partial charge in [-0.3, -0.25) is 0 Å². The molecular formula is C14H24O. The van der Waals surface area contributed by atoms with E-state index in [2.05, 4.69) is 6.58 Å². The minimum Gasteiger partial charge on any atom is -0.385 e. The number of rotatable bonds is 3.